The van der Waals surface area contributed by atoms with Crippen molar-refractivity contribution in [1.29, 1.82) is 0 Å². The zero-order chi connectivity index (χ0) is 18.1. The summed E-state index contributed by atoms with van der Waals surface area (Å²) in [7, 11) is 0. The highest BCUT2D eigenvalue weighted by Crippen LogP contribution is 2.39. The van der Waals surface area contributed by atoms with Crippen LogP contribution in [0.5, 0.6) is 5.75 Å². The van der Waals surface area contributed by atoms with Crippen LogP contribution in [0.15, 0.2) is 77.1 Å². The average Bonchev–Trinajstić information content (AvgIpc) is 2.66. The van der Waals surface area contributed by atoms with Crippen molar-refractivity contribution in [3.05, 3.63) is 72.4 Å². The van der Waals surface area contributed by atoms with E-state index >= 15 is 0 Å². The number of benzene rings is 3. The second kappa shape index (κ2) is 6.25. The van der Waals surface area contributed by atoms with Crippen LogP contribution in [0.1, 0.15) is 10.4 Å². The molecular formula is C20H13N3O3. The van der Waals surface area contributed by atoms with Crippen LogP contribution < -0.4 is 0 Å². The molecule has 26 heavy (non-hydrogen) atoms. The number of azo groups is 1. The molecule has 4 rings (SSSR count). The largest absolute Gasteiger partial charge is 0.505 e. The number of hydrogen-bond acceptors (Lipinski definition) is 5. The van der Waals surface area contributed by atoms with Crippen molar-refractivity contribution >= 4 is 39.0 Å². The quantitative estimate of drug-likeness (QED) is 0.499. The molecule has 6 nitrogen and oxygen atoms in total. The lowest BCUT2D eigenvalue weighted by Crippen LogP contribution is -1.97. The maximum atomic E-state index is 11.4. The van der Waals surface area contributed by atoms with E-state index < -0.39 is 11.7 Å². The van der Waals surface area contributed by atoms with Gasteiger partial charge in [0.2, 0.25) is 0 Å². The number of carboxylic acid groups (broad SMARTS) is 1. The first-order valence-electron chi connectivity index (χ1n) is 7.88. The number of hydrogen-bond donors (Lipinski definition) is 2. The topological polar surface area (TPSA) is 95.1 Å². The maximum absolute atomic E-state index is 11.4. The summed E-state index contributed by atoms with van der Waals surface area (Å²) in [6.07, 6.45) is 1.67. The monoisotopic (exact) mass is 343 g/mol. The lowest BCUT2D eigenvalue weighted by Gasteiger charge is -2.07. The molecule has 0 radical (unpaired) electrons. The van der Waals surface area contributed by atoms with E-state index in [4.69, 9.17) is 0 Å². The van der Waals surface area contributed by atoms with Gasteiger partial charge in [-0.2, -0.15) is 0 Å². The van der Waals surface area contributed by atoms with E-state index in [0.717, 1.165) is 5.39 Å². The predicted molar refractivity (Wildman–Crippen MR) is 98.5 cm³/mol. The maximum Gasteiger partial charge on any atom is 0.339 e. The standard InChI is InChI=1S/C20H13N3O3/c24-19-15(20(25)26)11-13-5-1-2-8-14(13)18(19)23-22-16-9-3-6-12-7-4-10-21-17(12)16/h1-11,24H,(H,25,26). The lowest BCUT2D eigenvalue weighted by atomic mass is 10.0. The molecule has 2 N–H and O–H groups in total. The van der Waals surface area contributed by atoms with Crippen molar-refractivity contribution in [1.82, 2.24) is 4.98 Å². The Hall–Kier alpha value is -3.80. The van der Waals surface area contributed by atoms with Gasteiger partial charge in [-0.25, -0.2) is 4.79 Å². The third-order valence-electron chi connectivity index (χ3n) is 4.09. The highest BCUT2D eigenvalue weighted by molar-refractivity contribution is 6.04. The Labute approximate surface area is 148 Å². The Balaban J connectivity index is 1.92. The van der Waals surface area contributed by atoms with Gasteiger partial charge in [0.25, 0.3) is 0 Å². The molecule has 0 aliphatic carbocycles. The molecular weight excluding hydrogens is 330 g/mol. The number of rotatable bonds is 3. The molecule has 0 unspecified atom stereocenters. The van der Waals surface area contributed by atoms with Gasteiger partial charge < -0.3 is 10.2 Å². The van der Waals surface area contributed by atoms with Crippen molar-refractivity contribution < 1.29 is 15.0 Å². The van der Waals surface area contributed by atoms with Crippen molar-refractivity contribution in [3.63, 3.8) is 0 Å². The zero-order valence-electron chi connectivity index (χ0n) is 13.5. The molecule has 0 spiro atoms. The van der Waals surface area contributed by atoms with E-state index in [9.17, 15) is 15.0 Å². The second-order valence-corrected chi connectivity index (χ2v) is 5.70. The van der Waals surface area contributed by atoms with E-state index in [1.165, 1.54) is 6.07 Å². The van der Waals surface area contributed by atoms with Crippen LogP contribution in [0.25, 0.3) is 21.7 Å². The van der Waals surface area contributed by atoms with E-state index in [1.54, 1.807) is 36.5 Å². The van der Waals surface area contributed by atoms with Gasteiger partial charge in [-0.1, -0.05) is 42.5 Å². The number of fused-ring (bicyclic) bond motifs is 2. The van der Waals surface area contributed by atoms with Gasteiger partial charge in [0.15, 0.2) is 5.75 Å². The fourth-order valence-corrected chi connectivity index (χ4v) is 2.85. The Morgan fingerprint density at radius 1 is 0.923 bits per heavy atom. The van der Waals surface area contributed by atoms with Crippen molar-refractivity contribution in [2.24, 2.45) is 10.2 Å². The van der Waals surface area contributed by atoms with E-state index in [1.807, 2.05) is 24.3 Å². The van der Waals surface area contributed by atoms with Crippen molar-refractivity contribution in [2.75, 3.05) is 0 Å². The number of carboxylic acids is 1. The van der Waals surface area contributed by atoms with Gasteiger partial charge in [-0.3, -0.25) is 4.98 Å². The molecule has 0 aliphatic rings. The molecule has 3 aromatic carbocycles. The Kier molecular flexibility index (Phi) is 3.78. The van der Waals surface area contributed by atoms with Gasteiger partial charge in [0, 0.05) is 17.0 Å². The molecule has 0 bridgehead atoms. The van der Waals surface area contributed by atoms with Crippen LogP contribution in [0.3, 0.4) is 0 Å². The minimum Gasteiger partial charge on any atom is -0.505 e. The summed E-state index contributed by atoms with van der Waals surface area (Å²) in [6, 6.07) is 17.8. The lowest BCUT2D eigenvalue weighted by molar-refractivity contribution is 0.0694. The number of phenols is 1. The molecule has 6 heteroatoms. The summed E-state index contributed by atoms with van der Waals surface area (Å²) in [5.41, 5.74) is 1.12. The fraction of sp³-hybridized carbons (Fsp3) is 0. The molecule has 126 valence electrons. The third kappa shape index (κ3) is 2.63. The summed E-state index contributed by atoms with van der Waals surface area (Å²) in [4.78, 5) is 15.7. The highest BCUT2D eigenvalue weighted by atomic mass is 16.4. The van der Waals surface area contributed by atoms with Crippen LogP contribution in [0, 0.1) is 0 Å². The second-order valence-electron chi connectivity index (χ2n) is 5.70. The summed E-state index contributed by atoms with van der Waals surface area (Å²) in [5.74, 6) is -1.63. The number of carbonyl (C=O) groups is 1. The Bertz CT molecular complexity index is 1180. The van der Waals surface area contributed by atoms with Crippen molar-refractivity contribution in [2.45, 2.75) is 0 Å². The van der Waals surface area contributed by atoms with Gasteiger partial charge in [0.05, 0.1) is 5.52 Å². The van der Waals surface area contributed by atoms with Crippen LogP contribution in [0.2, 0.25) is 0 Å². The SMILES string of the molecule is O=C(O)c1cc2ccccc2c(N=Nc2cccc3cccnc23)c1O. The minimum absolute atomic E-state index is 0.119. The number of para-hydroxylation sites is 1. The molecule has 1 aromatic heterocycles. The number of nitrogens with zero attached hydrogens (tertiary/aromatic N) is 3. The molecule has 0 saturated carbocycles. The van der Waals surface area contributed by atoms with E-state index in [-0.39, 0.29) is 11.3 Å². The summed E-state index contributed by atoms with van der Waals surface area (Å²) in [6.45, 7) is 0. The smallest absolute Gasteiger partial charge is 0.339 e. The normalized spacial score (nSPS) is 11.4. The molecule has 0 fully saturated rings. The van der Waals surface area contributed by atoms with Crippen LogP contribution in [0.4, 0.5) is 11.4 Å². The molecule has 0 amide bonds. The molecule has 0 aliphatic heterocycles. The summed E-state index contributed by atoms with van der Waals surface area (Å²) in [5, 5.41) is 30.3. The molecule has 1 heterocycles. The molecule has 0 atom stereocenters. The molecule has 4 aromatic rings. The van der Waals surface area contributed by atoms with Gasteiger partial charge in [0.1, 0.15) is 16.9 Å². The van der Waals surface area contributed by atoms with Crippen LogP contribution in [-0.4, -0.2) is 21.2 Å². The van der Waals surface area contributed by atoms with Crippen LogP contribution >= 0.6 is 0 Å². The first-order chi connectivity index (χ1) is 12.6. The number of aromatic carboxylic acids is 1. The first kappa shape index (κ1) is 15.7. The van der Waals surface area contributed by atoms with E-state index in [2.05, 4.69) is 15.2 Å². The number of aromatic nitrogens is 1. The zero-order valence-corrected chi connectivity index (χ0v) is 13.5. The average molecular weight is 343 g/mol. The summed E-state index contributed by atoms with van der Waals surface area (Å²) < 4.78 is 0. The fourth-order valence-electron chi connectivity index (χ4n) is 2.85. The van der Waals surface area contributed by atoms with Gasteiger partial charge in [-0.15, -0.1) is 10.2 Å². The van der Waals surface area contributed by atoms with Crippen LogP contribution in [-0.2, 0) is 0 Å². The summed E-state index contributed by atoms with van der Waals surface area (Å²) >= 11 is 0. The minimum atomic E-state index is -1.23. The Morgan fingerprint density at radius 2 is 1.69 bits per heavy atom. The van der Waals surface area contributed by atoms with Gasteiger partial charge in [-0.05, 0) is 23.6 Å². The predicted octanol–water partition coefficient (Wildman–Crippen LogP) is 5.21. The first-order valence-corrected chi connectivity index (χ1v) is 7.88. The van der Waals surface area contributed by atoms with E-state index in [0.29, 0.717) is 22.0 Å². The van der Waals surface area contributed by atoms with Crippen molar-refractivity contribution in [3.8, 4) is 5.75 Å². The third-order valence-corrected chi connectivity index (χ3v) is 4.09. The Morgan fingerprint density at radius 3 is 2.54 bits per heavy atom. The highest BCUT2D eigenvalue weighted by Gasteiger charge is 2.17. The number of aromatic hydroxyl groups is 1. The number of pyridine rings is 1. The molecule has 0 saturated heterocycles. The van der Waals surface area contributed by atoms with Gasteiger partial charge >= 0.3 is 5.97 Å².